The van der Waals surface area contributed by atoms with E-state index in [1.807, 2.05) is 12.3 Å². The first-order chi connectivity index (χ1) is 16.0. The number of carbonyl (C=O) groups excluding carboxylic acids is 1. The Balaban J connectivity index is 1.39. The van der Waals surface area contributed by atoms with Crippen LogP contribution in [0.2, 0.25) is 0 Å². The zero-order valence-corrected chi connectivity index (χ0v) is 18.3. The number of rotatable bonds is 6. The first kappa shape index (κ1) is 21.5. The third kappa shape index (κ3) is 4.73. The van der Waals surface area contributed by atoms with Gasteiger partial charge in [0.1, 0.15) is 12.0 Å². The average molecular weight is 453 g/mol. The minimum absolute atomic E-state index is 0.0332. The van der Waals surface area contributed by atoms with Crippen molar-refractivity contribution in [3.8, 4) is 16.8 Å². The van der Waals surface area contributed by atoms with Gasteiger partial charge in [0.2, 0.25) is 0 Å². The summed E-state index contributed by atoms with van der Waals surface area (Å²) in [6.07, 6.45) is 8.42. The minimum Gasteiger partial charge on any atom is -0.378 e. The number of anilines is 1. The number of nitrogens with zero attached hydrogens (tertiary/aromatic N) is 3. The van der Waals surface area contributed by atoms with Gasteiger partial charge in [-0.3, -0.25) is 9.78 Å². The molecule has 172 valence electrons. The van der Waals surface area contributed by atoms with Crippen molar-refractivity contribution in [2.75, 3.05) is 18.4 Å². The van der Waals surface area contributed by atoms with Gasteiger partial charge in [-0.25, -0.2) is 13.5 Å². The Labute approximate surface area is 190 Å². The van der Waals surface area contributed by atoms with Gasteiger partial charge in [0, 0.05) is 24.3 Å². The van der Waals surface area contributed by atoms with E-state index in [4.69, 9.17) is 0 Å². The molecule has 1 amide bonds. The number of aromatic nitrogens is 3. The van der Waals surface area contributed by atoms with Crippen molar-refractivity contribution in [3.05, 3.63) is 59.9 Å². The molecule has 1 saturated carbocycles. The van der Waals surface area contributed by atoms with E-state index in [0.29, 0.717) is 24.2 Å². The number of nitrogens with one attached hydrogen (secondary N) is 3. The zero-order chi connectivity index (χ0) is 22.9. The van der Waals surface area contributed by atoms with Crippen molar-refractivity contribution in [2.45, 2.75) is 44.4 Å². The predicted molar refractivity (Wildman–Crippen MR) is 122 cm³/mol. The molecule has 2 atom stereocenters. The summed E-state index contributed by atoms with van der Waals surface area (Å²) in [5, 5.41) is 13.5. The molecule has 1 aliphatic carbocycles. The molecule has 1 saturated heterocycles. The van der Waals surface area contributed by atoms with E-state index < -0.39 is 17.9 Å². The highest BCUT2D eigenvalue weighted by Gasteiger charge is 2.26. The zero-order valence-electron chi connectivity index (χ0n) is 18.3. The fourth-order valence-electron chi connectivity index (χ4n) is 4.08. The molecule has 5 rings (SSSR count). The van der Waals surface area contributed by atoms with E-state index in [0.717, 1.165) is 36.2 Å². The molecule has 3 heterocycles. The van der Waals surface area contributed by atoms with Crippen LogP contribution in [0.5, 0.6) is 0 Å². The van der Waals surface area contributed by atoms with Crippen LogP contribution in [0.3, 0.4) is 0 Å². The molecular formula is C24H26F2N6O. The minimum atomic E-state index is -0.966. The van der Waals surface area contributed by atoms with Gasteiger partial charge in [-0.2, -0.15) is 5.10 Å². The molecule has 3 N–H and O–H groups in total. The van der Waals surface area contributed by atoms with Gasteiger partial charge < -0.3 is 16.0 Å². The fraction of sp³-hybridized carbons (Fsp3) is 0.375. The van der Waals surface area contributed by atoms with Gasteiger partial charge in [-0.05, 0) is 62.1 Å². The Hall–Kier alpha value is -3.33. The average Bonchev–Trinajstić information content (AvgIpc) is 3.47. The maximum absolute atomic E-state index is 14.5. The Morgan fingerprint density at radius 2 is 2.03 bits per heavy atom. The third-order valence-corrected chi connectivity index (χ3v) is 6.11. The van der Waals surface area contributed by atoms with Crippen molar-refractivity contribution < 1.29 is 13.6 Å². The van der Waals surface area contributed by atoms with E-state index in [-0.39, 0.29) is 17.6 Å². The molecule has 0 spiro atoms. The number of piperidine rings is 1. The lowest BCUT2D eigenvalue weighted by molar-refractivity contribution is 0.0947. The van der Waals surface area contributed by atoms with E-state index in [9.17, 15) is 13.6 Å². The maximum atomic E-state index is 14.5. The Kier molecular flexibility index (Phi) is 5.80. The van der Waals surface area contributed by atoms with E-state index in [1.165, 1.54) is 6.07 Å². The molecule has 0 bridgehead atoms. The van der Waals surface area contributed by atoms with Crippen LogP contribution in [0.4, 0.5) is 14.5 Å². The first-order valence-corrected chi connectivity index (χ1v) is 11.2. The Morgan fingerprint density at radius 3 is 2.82 bits per heavy atom. The van der Waals surface area contributed by atoms with Crippen LogP contribution in [0.25, 0.3) is 16.8 Å². The molecule has 33 heavy (non-hydrogen) atoms. The van der Waals surface area contributed by atoms with Crippen LogP contribution in [0.15, 0.2) is 43.0 Å². The van der Waals surface area contributed by atoms with Crippen molar-refractivity contribution in [1.82, 2.24) is 25.4 Å². The number of carbonyl (C=O) groups is 1. The lowest BCUT2D eigenvalue weighted by atomic mass is 9.99. The van der Waals surface area contributed by atoms with Gasteiger partial charge in [-0.1, -0.05) is 0 Å². The second-order valence-electron chi connectivity index (χ2n) is 8.76. The van der Waals surface area contributed by atoms with E-state index in [2.05, 4.69) is 26.0 Å². The van der Waals surface area contributed by atoms with Gasteiger partial charge in [0.25, 0.3) is 5.91 Å². The number of halogens is 2. The summed E-state index contributed by atoms with van der Waals surface area (Å²) < 4.78 is 30.3. The smallest absolute Gasteiger partial charge is 0.254 e. The largest absolute Gasteiger partial charge is 0.378 e. The second-order valence-corrected chi connectivity index (χ2v) is 8.76. The number of amides is 1. The molecule has 1 aliphatic heterocycles. The summed E-state index contributed by atoms with van der Waals surface area (Å²) in [5.74, 6) is -0.926. The monoisotopic (exact) mass is 452 g/mol. The lowest BCUT2D eigenvalue weighted by Gasteiger charge is -2.28. The SMILES string of the molecule is Cc1cc(F)c(C(=O)NC2CC2)cc1-c1cnn(-c2cncc(NC3CCNCC3F)c2)c1. The number of hydrogen-bond acceptors (Lipinski definition) is 5. The summed E-state index contributed by atoms with van der Waals surface area (Å²) in [6.45, 7) is 2.91. The third-order valence-electron chi connectivity index (χ3n) is 6.11. The van der Waals surface area contributed by atoms with Crippen LogP contribution in [-0.4, -0.2) is 52.0 Å². The molecule has 2 unspecified atom stereocenters. The van der Waals surface area contributed by atoms with Crippen LogP contribution in [0.1, 0.15) is 35.2 Å². The summed E-state index contributed by atoms with van der Waals surface area (Å²) in [7, 11) is 0. The van der Waals surface area contributed by atoms with E-state index >= 15 is 0 Å². The normalized spacial score (nSPS) is 20.5. The number of aryl methyl sites for hydroxylation is 1. The van der Waals surface area contributed by atoms with Crippen LogP contribution < -0.4 is 16.0 Å². The lowest BCUT2D eigenvalue weighted by Crippen LogP contribution is -2.45. The molecule has 3 aromatic rings. The summed E-state index contributed by atoms with van der Waals surface area (Å²) >= 11 is 0. The Bertz CT molecular complexity index is 1180. The second kappa shape index (κ2) is 8.90. The summed E-state index contributed by atoms with van der Waals surface area (Å²) in [4.78, 5) is 16.7. The molecule has 0 radical (unpaired) electrons. The Morgan fingerprint density at radius 1 is 1.18 bits per heavy atom. The molecule has 9 heteroatoms. The predicted octanol–water partition coefficient (Wildman–Crippen LogP) is 3.39. The summed E-state index contributed by atoms with van der Waals surface area (Å²) in [6, 6.07) is 4.71. The number of pyridine rings is 1. The quantitative estimate of drug-likeness (QED) is 0.534. The first-order valence-electron chi connectivity index (χ1n) is 11.2. The summed E-state index contributed by atoms with van der Waals surface area (Å²) in [5.41, 5.74) is 3.67. The van der Waals surface area contributed by atoms with Crippen molar-refractivity contribution in [3.63, 3.8) is 0 Å². The number of hydrogen-bond donors (Lipinski definition) is 3. The van der Waals surface area contributed by atoms with Crippen LogP contribution >= 0.6 is 0 Å². The highest BCUT2D eigenvalue weighted by Crippen LogP contribution is 2.28. The van der Waals surface area contributed by atoms with Gasteiger partial charge >= 0.3 is 0 Å². The molecule has 2 fully saturated rings. The van der Waals surface area contributed by atoms with Gasteiger partial charge in [-0.15, -0.1) is 0 Å². The fourth-order valence-corrected chi connectivity index (χ4v) is 4.08. The van der Waals surface area contributed by atoms with Crippen LogP contribution in [0, 0.1) is 12.7 Å². The number of benzene rings is 1. The molecule has 2 aliphatic rings. The molecule has 2 aromatic heterocycles. The molecular weight excluding hydrogens is 426 g/mol. The topological polar surface area (TPSA) is 83.9 Å². The maximum Gasteiger partial charge on any atom is 0.254 e. The van der Waals surface area contributed by atoms with Crippen molar-refractivity contribution in [1.29, 1.82) is 0 Å². The molecule has 7 nitrogen and oxygen atoms in total. The van der Waals surface area contributed by atoms with E-state index in [1.54, 1.807) is 36.3 Å². The highest BCUT2D eigenvalue weighted by molar-refractivity contribution is 5.96. The van der Waals surface area contributed by atoms with Crippen LogP contribution in [-0.2, 0) is 0 Å². The standard InChI is InChI=1S/C24H26F2N6O/c1-14-6-21(25)20(24(33)31-16-2-3-16)8-19(14)15-9-29-32(13-15)18-7-17(10-28-11-18)30-23-4-5-27-12-22(23)26/h6-11,13,16,22-23,27,30H,2-5,12H2,1H3,(H,31,33). The van der Waals surface area contributed by atoms with Crippen molar-refractivity contribution in [2.24, 2.45) is 0 Å². The highest BCUT2D eigenvalue weighted by atomic mass is 19.1. The number of alkyl halides is 1. The molecule has 1 aromatic carbocycles. The van der Waals surface area contributed by atoms with Gasteiger partial charge in [0.15, 0.2) is 0 Å². The van der Waals surface area contributed by atoms with Gasteiger partial charge in [0.05, 0.1) is 41.6 Å². The van der Waals surface area contributed by atoms with Crippen molar-refractivity contribution >= 4 is 11.6 Å².